The summed E-state index contributed by atoms with van der Waals surface area (Å²) in [6.07, 6.45) is 0.799. The largest absolute Gasteiger partial charge is 0.452 e. The highest BCUT2D eigenvalue weighted by atomic mass is 32.1. The lowest BCUT2D eigenvalue weighted by Gasteiger charge is -2.14. The summed E-state index contributed by atoms with van der Waals surface area (Å²) in [5.41, 5.74) is 4.13. The van der Waals surface area contributed by atoms with E-state index in [2.05, 4.69) is 15.3 Å². The third-order valence-electron chi connectivity index (χ3n) is 4.08. The summed E-state index contributed by atoms with van der Waals surface area (Å²) in [6, 6.07) is 11.3. The number of nitrogens with one attached hydrogen (secondary N) is 1. The molecule has 0 radical (unpaired) electrons. The molecule has 2 aromatic heterocycles. The van der Waals surface area contributed by atoms with Gasteiger partial charge < -0.3 is 10.1 Å². The fourth-order valence-electron chi connectivity index (χ4n) is 2.62. The van der Waals surface area contributed by atoms with Crippen molar-refractivity contribution in [1.82, 2.24) is 9.97 Å². The number of esters is 1. The molecule has 144 valence electrons. The van der Waals surface area contributed by atoms with Gasteiger partial charge in [-0.2, -0.15) is 0 Å². The van der Waals surface area contributed by atoms with E-state index >= 15 is 0 Å². The number of anilines is 1. The normalized spacial score (nSPS) is 11.7. The fourth-order valence-corrected chi connectivity index (χ4v) is 3.42. The van der Waals surface area contributed by atoms with Gasteiger partial charge in [0.05, 0.1) is 17.8 Å². The molecule has 1 aromatic carbocycles. The standard InChI is InChI=1S/C21H21N3O3S/c1-13-7-8-17(14(2)10-13)24-20(26)15(3)27-19(25)11-16-12-28-21(23-16)18-6-4-5-9-22-18/h4-10,12,15H,11H2,1-3H3,(H,24,26). The molecule has 0 saturated carbocycles. The third-order valence-corrected chi connectivity index (χ3v) is 4.99. The first-order valence-corrected chi connectivity index (χ1v) is 9.74. The van der Waals surface area contributed by atoms with Gasteiger partial charge in [0.25, 0.3) is 5.91 Å². The van der Waals surface area contributed by atoms with Crippen molar-refractivity contribution in [1.29, 1.82) is 0 Å². The number of pyridine rings is 1. The first-order chi connectivity index (χ1) is 13.4. The van der Waals surface area contributed by atoms with Crippen molar-refractivity contribution in [2.45, 2.75) is 33.3 Å². The maximum absolute atomic E-state index is 12.3. The number of aryl methyl sites for hydroxylation is 2. The van der Waals surface area contributed by atoms with Crippen LogP contribution < -0.4 is 5.32 Å². The van der Waals surface area contributed by atoms with Gasteiger partial charge in [-0.05, 0) is 44.5 Å². The SMILES string of the molecule is Cc1ccc(NC(=O)C(C)OC(=O)Cc2csc(-c3ccccn3)n2)c(C)c1. The van der Waals surface area contributed by atoms with Crippen LogP contribution in [0.25, 0.3) is 10.7 Å². The molecule has 3 aromatic rings. The van der Waals surface area contributed by atoms with E-state index in [1.807, 2.05) is 50.2 Å². The maximum Gasteiger partial charge on any atom is 0.312 e. The molecule has 2 heterocycles. The molecule has 1 atom stereocenters. The predicted octanol–water partition coefficient (Wildman–Crippen LogP) is 3.93. The molecule has 7 heteroatoms. The van der Waals surface area contributed by atoms with Crippen molar-refractivity contribution in [3.05, 3.63) is 64.8 Å². The number of carbonyl (C=O) groups excluding carboxylic acids is 2. The Morgan fingerprint density at radius 1 is 1.21 bits per heavy atom. The van der Waals surface area contributed by atoms with Gasteiger partial charge in [0.15, 0.2) is 6.10 Å². The van der Waals surface area contributed by atoms with Gasteiger partial charge in [0.2, 0.25) is 0 Å². The third kappa shape index (κ3) is 5.01. The zero-order chi connectivity index (χ0) is 20.1. The number of ether oxygens (including phenoxy) is 1. The molecule has 0 aliphatic carbocycles. The molecule has 0 fully saturated rings. The highest BCUT2D eigenvalue weighted by Gasteiger charge is 2.19. The van der Waals surface area contributed by atoms with E-state index in [4.69, 9.17) is 4.74 Å². The Morgan fingerprint density at radius 3 is 2.75 bits per heavy atom. The first kappa shape index (κ1) is 19.7. The van der Waals surface area contributed by atoms with E-state index in [0.29, 0.717) is 11.4 Å². The number of aromatic nitrogens is 2. The predicted molar refractivity (Wildman–Crippen MR) is 109 cm³/mol. The zero-order valence-corrected chi connectivity index (χ0v) is 16.7. The minimum absolute atomic E-state index is 0.00448. The Balaban J connectivity index is 1.55. The van der Waals surface area contributed by atoms with Gasteiger partial charge in [-0.25, -0.2) is 4.98 Å². The Hall–Kier alpha value is -3.06. The summed E-state index contributed by atoms with van der Waals surface area (Å²) in [6.45, 7) is 5.46. The van der Waals surface area contributed by atoms with Crippen LogP contribution in [-0.4, -0.2) is 27.9 Å². The summed E-state index contributed by atoms with van der Waals surface area (Å²) in [7, 11) is 0. The summed E-state index contributed by atoms with van der Waals surface area (Å²) in [5, 5.41) is 5.33. The minimum atomic E-state index is -0.901. The monoisotopic (exact) mass is 395 g/mol. The molecule has 6 nitrogen and oxygen atoms in total. The Morgan fingerprint density at radius 2 is 2.04 bits per heavy atom. The van der Waals surface area contributed by atoms with Gasteiger partial charge in [0, 0.05) is 17.3 Å². The van der Waals surface area contributed by atoms with Crippen LogP contribution in [0, 0.1) is 13.8 Å². The van der Waals surface area contributed by atoms with Crippen LogP contribution in [-0.2, 0) is 20.7 Å². The molecule has 0 bridgehead atoms. The number of nitrogens with zero attached hydrogens (tertiary/aromatic N) is 2. The van der Waals surface area contributed by atoms with Crippen LogP contribution in [0.1, 0.15) is 23.7 Å². The minimum Gasteiger partial charge on any atom is -0.452 e. The molecule has 1 N–H and O–H groups in total. The van der Waals surface area contributed by atoms with E-state index in [9.17, 15) is 9.59 Å². The number of thiazole rings is 1. The number of hydrogen-bond acceptors (Lipinski definition) is 6. The number of benzene rings is 1. The number of hydrogen-bond donors (Lipinski definition) is 1. The molecule has 0 spiro atoms. The summed E-state index contributed by atoms with van der Waals surface area (Å²) in [5.74, 6) is -0.867. The van der Waals surface area contributed by atoms with Crippen molar-refractivity contribution in [3.63, 3.8) is 0 Å². The smallest absolute Gasteiger partial charge is 0.312 e. The van der Waals surface area contributed by atoms with E-state index in [1.165, 1.54) is 11.3 Å². The van der Waals surface area contributed by atoms with Gasteiger partial charge >= 0.3 is 5.97 Å². The maximum atomic E-state index is 12.3. The van der Waals surface area contributed by atoms with Crippen LogP contribution in [0.2, 0.25) is 0 Å². The van der Waals surface area contributed by atoms with Crippen LogP contribution in [0.3, 0.4) is 0 Å². The molecule has 0 aliphatic heterocycles. The molecule has 0 saturated heterocycles. The molecule has 1 amide bonds. The molecule has 3 rings (SSSR count). The quantitative estimate of drug-likeness (QED) is 0.640. The van der Waals surface area contributed by atoms with E-state index in [1.54, 1.807) is 18.5 Å². The molecule has 0 aliphatic rings. The van der Waals surface area contributed by atoms with Gasteiger partial charge in [-0.3, -0.25) is 14.6 Å². The van der Waals surface area contributed by atoms with Crippen molar-refractivity contribution in [3.8, 4) is 10.7 Å². The average molecular weight is 395 g/mol. The summed E-state index contributed by atoms with van der Waals surface area (Å²) in [4.78, 5) is 33.2. The fraction of sp³-hybridized carbons (Fsp3) is 0.238. The van der Waals surface area contributed by atoms with Crippen LogP contribution in [0.5, 0.6) is 0 Å². The van der Waals surface area contributed by atoms with E-state index in [0.717, 1.165) is 21.8 Å². The number of rotatable bonds is 6. The van der Waals surface area contributed by atoms with E-state index < -0.39 is 12.1 Å². The zero-order valence-electron chi connectivity index (χ0n) is 15.9. The molecule has 1 unspecified atom stereocenters. The summed E-state index contributed by atoms with van der Waals surface area (Å²) >= 11 is 1.41. The lowest BCUT2D eigenvalue weighted by Crippen LogP contribution is -2.30. The van der Waals surface area contributed by atoms with Crippen LogP contribution in [0.4, 0.5) is 5.69 Å². The lowest BCUT2D eigenvalue weighted by molar-refractivity contribution is -0.152. The Kier molecular flexibility index (Phi) is 6.16. The van der Waals surface area contributed by atoms with Crippen LogP contribution in [0.15, 0.2) is 48.0 Å². The number of carbonyl (C=O) groups is 2. The van der Waals surface area contributed by atoms with Crippen molar-refractivity contribution < 1.29 is 14.3 Å². The molecular formula is C21H21N3O3S. The van der Waals surface area contributed by atoms with Gasteiger partial charge in [-0.15, -0.1) is 11.3 Å². The molecular weight excluding hydrogens is 374 g/mol. The Bertz CT molecular complexity index is 986. The van der Waals surface area contributed by atoms with Crippen molar-refractivity contribution in [2.75, 3.05) is 5.32 Å². The van der Waals surface area contributed by atoms with Crippen molar-refractivity contribution in [2.24, 2.45) is 0 Å². The van der Waals surface area contributed by atoms with E-state index in [-0.39, 0.29) is 12.3 Å². The second kappa shape index (κ2) is 8.75. The van der Waals surface area contributed by atoms with Crippen LogP contribution >= 0.6 is 11.3 Å². The topological polar surface area (TPSA) is 81.2 Å². The first-order valence-electron chi connectivity index (χ1n) is 8.86. The lowest BCUT2D eigenvalue weighted by atomic mass is 10.1. The van der Waals surface area contributed by atoms with Crippen molar-refractivity contribution >= 4 is 28.9 Å². The Labute approximate surface area is 167 Å². The van der Waals surface area contributed by atoms with Gasteiger partial charge in [0.1, 0.15) is 5.01 Å². The highest BCUT2D eigenvalue weighted by Crippen LogP contribution is 2.22. The second-order valence-corrected chi connectivity index (χ2v) is 7.33. The average Bonchev–Trinajstić information content (AvgIpc) is 3.13. The van der Waals surface area contributed by atoms with Gasteiger partial charge in [-0.1, -0.05) is 23.8 Å². The second-order valence-electron chi connectivity index (χ2n) is 6.48. The number of amides is 1. The molecule has 28 heavy (non-hydrogen) atoms. The highest BCUT2D eigenvalue weighted by molar-refractivity contribution is 7.13. The summed E-state index contributed by atoms with van der Waals surface area (Å²) < 4.78 is 5.26.